The fourth-order valence-electron chi connectivity index (χ4n) is 1.92. The molecular weight excluding hydrogens is 254 g/mol. The lowest BCUT2D eigenvalue weighted by Crippen LogP contribution is -2.11. The van der Waals surface area contributed by atoms with Crippen molar-refractivity contribution in [3.8, 4) is 0 Å². The molecule has 0 spiro atoms. The maximum atomic E-state index is 5.40. The highest BCUT2D eigenvalue weighted by molar-refractivity contribution is 9.10. The summed E-state index contributed by atoms with van der Waals surface area (Å²) >= 11 is 3.46. The minimum absolute atomic E-state index is 0.651. The topological polar surface area (TPSA) is 22.1 Å². The predicted molar refractivity (Wildman–Crippen MR) is 62.8 cm³/mol. The van der Waals surface area contributed by atoms with Gasteiger partial charge in [0.2, 0.25) is 0 Å². The molecule has 3 rings (SSSR count). The third kappa shape index (κ3) is 1.66. The molecule has 0 saturated heterocycles. The molecule has 0 bridgehead atoms. The van der Waals surface area contributed by atoms with Crippen molar-refractivity contribution in [1.82, 2.24) is 4.98 Å². The van der Waals surface area contributed by atoms with Gasteiger partial charge < -0.3 is 4.74 Å². The number of ether oxygens (including phenoxy) is 1. The lowest BCUT2D eigenvalue weighted by molar-refractivity contribution is 0.108. The SMILES string of the molecule is Brc1ccc2cc3c(nc2c1)COCC3. The Labute approximate surface area is 96.4 Å². The van der Waals surface area contributed by atoms with Crippen LogP contribution in [0.3, 0.4) is 0 Å². The first-order chi connectivity index (χ1) is 7.33. The standard InChI is InChI=1S/C12H10BrNO/c13-10-2-1-8-5-9-3-4-15-7-12(9)14-11(8)6-10/h1-2,5-6H,3-4,7H2. The van der Waals surface area contributed by atoms with Gasteiger partial charge in [-0.3, -0.25) is 4.98 Å². The van der Waals surface area contributed by atoms with E-state index in [0.717, 1.165) is 28.7 Å². The molecule has 2 aromatic rings. The normalized spacial score (nSPS) is 15.3. The Morgan fingerprint density at radius 1 is 1.27 bits per heavy atom. The van der Waals surface area contributed by atoms with Gasteiger partial charge >= 0.3 is 0 Å². The van der Waals surface area contributed by atoms with Crippen LogP contribution in [0.2, 0.25) is 0 Å². The van der Waals surface area contributed by atoms with Gasteiger partial charge in [0.05, 0.1) is 24.4 Å². The van der Waals surface area contributed by atoms with Crippen LogP contribution in [0.25, 0.3) is 10.9 Å². The highest BCUT2D eigenvalue weighted by Crippen LogP contribution is 2.23. The molecule has 0 amide bonds. The molecule has 0 fully saturated rings. The van der Waals surface area contributed by atoms with Gasteiger partial charge in [-0.15, -0.1) is 0 Å². The molecule has 0 unspecified atom stereocenters. The number of halogens is 1. The number of nitrogens with zero attached hydrogens (tertiary/aromatic N) is 1. The highest BCUT2D eigenvalue weighted by Gasteiger charge is 2.11. The zero-order valence-electron chi connectivity index (χ0n) is 8.16. The van der Waals surface area contributed by atoms with E-state index >= 15 is 0 Å². The molecule has 76 valence electrons. The first-order valence-electron chi connectivity index (χ1n) is 4.99. The monoisotopic (exact) mass is 263 g/mol. The Morgan fingerprint density at radius 3 is 3.13 bits per heavy atom. The van der Waals surface area contributed by atoms with Gasteiger partial charge in [0, 0.05) is 9.86 Å². The Kier molecular flexibility index (Phi) is 2.22. The lowest BCUT2D eigenvalue weighted by Gasteiger charge is -2.16. The maximum Gasteiger partial charge on any atom is 0.0891 e. The summed E-state index contributed by atoms with van der Waals surface area (Å²) in [7, 11) is 0. The molecule has 0 N–H and O–H groups in total. The molecule has 15 heavy (non-hydrogen) atoms. The molecule has 2 nitrogen and oxygen atoms in total. The number of fused-ring (bicyclic) bond motifs is 2. The minimum atomic E-state index is 0.651. The third-order valence-electron chi connectivity index (χ3n) is 2.70. The molecule has 0 radical (unpaired) electrons. The number of benzene rings is 1. The van der Waals surface area contributed by atoms with Crippen LogP contribution in [0.1, 0.15) is 11.3 Å². The molecule has 2 heterocycles. The third-order valence-corrected chi connectivity index (χ3v) is 3.20. The van der Waals surface area contributed by atoms with Crippen LogP contribution in [0.5, 0.6) is 0 Å². The molecule has 1 aromatic heterocycles. The van der Waals surface area contributed by atoms with Crippen LogP contribution in [-0.2, 0) is 17.8 Å². The Hall–Kier alpha value is -0.930. The van der Waals surface area contributed by atoms with Gasteiger partial charge in [-0.2, -0.15) is 0 Å². The molecule has 1 aliphatic rings. The van der Waals surface area contributed by atoms with Crippen molar-refractivity contribution in [2.24, 2.45) is 0 Å². The zero-order valence-corrected chi connectivity index (χ0v) is 9.75. The van der Waals surface area contributed by atoms with Crippen LogP contribution < -0.4 is 0 Å². The smallest absolute Gasteiger partial charge is 0.0891 e. The predicted octanol–water partition coefficient (Wildman–Crippen LogP) is 3.07. The van der Waals surface area contributed by atoms with Gasteiger partial charge in [0.1, 0.15) is 0 Å². The average Bonchev–Trinajstić information content (AvgIpc) is 2.26. The number of aromatic nitrogens is 1. The van der Waals surface area contributed by atoms with Crippen molar-refractivity contribution in [1.29, 1.82) is 0 Å². The Balaban J connectivity index is 2.26. The molecule has 1 aliphatic heterocycles. The second kappa shape index (κ2) is 3.58. The molecule has 0 atom stereocenters. The summed E-state index contributed by atoms with van der Waals surface area (Å²) in [5.74, 6) is 0. The van der Waals surface area contributed by atoms with Gasteiger partial charge in [-0.1, -0.05) is 22.0 Å². The number of pyridine rings is 1. The first-order valence-corrected chi connectivity index (χ1v) is 5.78. The summed E-state index contributed by atoms with van der Waals surface area (Å²) in [6.45, 7) is 1.47. The van der Waals surface area contributed by atoms with E-state index in [-0.39, 0.29) is 0 Å². The van der Waals surface area contributed by atoms with Gasteiger partial charge in [-0.05, 0) is 30.2 Å². The van der Waals surface area contributed by atoms with E-state index in [4.69, 9.17) is 4.74 Å². The fraction of sp³-hybridized carbons (Fsp3) is 0.250. The van der Waals surface area contributed by atoms with Crippen molar-refractivity contribution in [3.63, 3.8) is 0 Å². The van der Waals surface area contributed by atoms with E-state index in [1.807, 2.05) is 6.07 Å². The quantitative estimate of drug-likeness (QED) is 0.729. The molecular formula is C12H10BrNO. The van der Waals surface area contributed by atoms with Crippen LogP contribution in [0.15, 0.2) is 28.7 Å². The highest BCUT2D eigenvalue weighted by atomic mass is 79.9. The van der Waals surface area contributed by atoms with Gasteiger partial charge in [0.15, 0.2) is 0 Å². The summed E-state index contributed by atoms with van der Waals surface area (Å²) in [5, 5.41) is 1.21. The van der Waals surface area contributed by atoms with Crippen molar-refractivity contribution in [2.45, 2.75) is 13.0 Å². The largest absolute Gasteiger partial charge is 0.375 e. The van der Waals surface area contributed by atoms with Crippen LogP contribution in [0.4, 0.5) is 0 Å². The number of hydrogen-bond acceptors (Lipinski definition) is 2. The molecule has 3 heteroatoms. The summed E-state index contributed by atoms with van der Waals surface area (Å²) in [6, 6.07) is 8.43. The molecule has 0 saturated carbocycles. The van der Waals surface area contributed by atoms with Crippen LogP contribution >= 0.6 is 15.9 Å². The Bertz CT molecular complexity index is 524. The van der Waals surface area contributed by atoms with E-state index in [0.29, 0.717) is 6.61 Å². The van der Waals surface area contributed by atoms with Crippen LogP contribution in [0, 0.1) is 0 Å². The summed E-state index contributed by atoms with van der Waals surface area (Å²) in [4.78, 5) is 4.62. The van der Waals surface area contributed by atoms with Gasteiger partial charge in [-0.25, -0.2) is 0 Å². The van der Waals surface area contributed by atoms with Crippen molar-refractivity contribution >= 4 is 26.8 Å². The van der Waals surface area contributed by atoms with E-state index < -0.39 is 0 Å². The Morgan fingerprint density at radius 2 is 2.20 bits per heavy atom. The van der Waals surface area contributed by atoms with Gasteiger partial charge in [0.25, 0.3) is 0 Å². The lowest BCUT2D eigenvalue weighted by atomic mass is 10.1. The van der Waals surface area contributed by atoms with Crippen molar-refractivity contribution < 1.29 is 4.74 Å². The second-order valence-corrected chi connectivity index (χ2v) is 4.65. The maximum absolute atomic E-state index is 5.40. The average molecular weight is 264 g/mol. The van der Waals surface area contributed by atoms with E-state index in [9.17, 15) is 0 Å². The van der Waals surface area contributed by atoms with E-state index in [1.54, 1.807) is 0 Å². The van der Waals surface area contributed by atoms with Crippen molar-refractivity contribution in [2.75, 3.05) is 6.61 Å². The summed E-state index contributed by atoms with van der Waals surface area (Å²) < 4.78 is 6.47. The number of hydrogen-bond donors (Lipinski definition) is 0. The van der Waals surface area contributed by atoms with E-state index in [2.05, 4.69) is 39.1 Å². The van der Waals surface area contributed by atoms with Crippen molar-refractivity contribution in [3.05, 3.63) is 40.0 Å². The number of rotatable bonds is 0. The van der Waals surface area contributed by atoms with E-state index in [1.165, 1.54) is 10.9 Å². The molecule has 0 aliphatic carbocycles. The molecule has 1 aromatic carbocycles. The van der Waals surface area contributed by atoms with Crippen LogP contribution in [-0.4, -0.2) is 11.6 Å². The summed E-state index contributed by atoms with van der Waals surface area (Å²) in [5.41, 5.74) is 3.46. The zero-order chi connectivity index (χ0) is 10.3. The summed E-state index contributed by atoms with van der Waals surface area (Å²) in [6.07, 6.45) is 0.980. The minimum Gasteiger partial charge on any atom is -0.375 e. The fourth-order valence-corrected chi connectivity index (χ4v) is 2.27. The second-order valence-electron chi connectivity index (χ2n) is 3.73. The first kappa shape index (κ1) is 9.31.